The molecular weight excluding hydrogens is 1470 g/mol. The highest BCUT2D eigenvalue weighted by molar-refractivity contribution is 5.97. The first-order chi connectivity index (χ1) is 56.3. The molecule has 115 heavy (non-hydrogen) atoms. The van der Waals surface area contributed by atoms with E-state index in [9.17, 15) is 9.59 Å². The SMILES string of the molecule is CCCCCCCOc1cc(C(=O)N[C@H]2C[C@@H](NC(=O)c3cc(OCCCCCCN=[N+]=[N-])c(CCCCC(C)=O)c(OCCCCCCN=[N+]=[N-])c3)C[C@@H](NC(=O)c3cc(OCCCCCCN=[N+]=[N-])c(CCCNC(C)=O)c(OCCCCCCN=[N+]=[N-])c3)C2)cc(OCCCCCCN=[N+]=[N-])c1OCCCCCCN=[N+]=[N-]. The molecule has 1 saturated carbocycles. The summed E-state index contributed by atoms with van der Waals surface area (Å²) in [6, 6.07) is 8.19. The van der Waals surface area contributed by atoms with Crippen molar-refractivity contribution in [3.8, 4) is 40.2 Å². The van der Waals surface area contributed by atoms with Crippen LogP contribution in [-0.4, -0.2) is 140 Å². The zero-order valence-corrected chi connectivity index (χ0v) is 68.4. The standard InChI is InChI=1S/C81H126N22O12/c1-4-5-6-13-28-50-113-76-57-66(58-77(114-51-33-18-11-26-44-93-102-86)78(76)115-52-34-19-12-27-45-94-103-87)81(108)97-69-60-67(95-79(106)64-53-72(109-46-29-14-7-22-40-89-98-82)70(37-21-20-36-62(2)104)73(54-64)110-47-30-15-8-23-41-90-99-83)59-68(61-69)96-80(107)65-55-74(111-48-31-16-9-24-42-91-100-84)71(38-35-39-88-63(3)105)75(56-65)112-49-32-17-10-25-43-92-101-85/h53-58,67-69H,4-52,59-61H2,1-3H3,(H,88,105)(H,95,106)(H,96,107)(H,97,108)/t67-,68+,69-/m0/s1. The summed E-state index contributed by atoms with van der Waals surface area (Å²) < 4.78 is 46.1. The number of benzene rings is 3. The highest BCUT2D eigenvalue weighted by Gasteiger charge is 2.34. The lowest BCUT2D eigenvalue weighted by atomic mass is 9.86. The smallest absolute Gasteiger partial charge is 0.251 e. The zero-order valence-electron chi connectivity index (χ0n) is 68.4. The summed E-state index contributed by atoms with van der Waals surface area (Å²) in [6.45, 7) is 10.1. The third kappa shape index (κ3) is 44.2. The van der Waals surface area contributed by atoms with Gasteiger partial charge in [0.05, 0.1) is 46.2 Å². The van der Waals surface area contributed by atoms with Gasteiger partial charge < -0.3 is 59.2 Å². The Labute approximate surface area is 677 Å². The zero-order chi connectivity index (χ0) is 82.8. The molecule has 0 aliphatic heterocycles. The van der Waals surface area contributed by atoms with Crippen LogP contribution in [0.2, 0.25) is 0 Å². The molecule has 3 aromatic carbocycles. The van der Waals surface area contributed by atoms with Gasteiger partial charge in [0.2, 0.25) is 11.7 Å². The number of hydrogen-bond acceptors (Lipinski definition) is 18. The molecular formula is C81H126N22O12. The molecule has 1 fully saturated rings. The molecule has 1 aliphatic rings. The molecule has 3 atom stereocenters. The number of nitrogens with zero attached hydrogens (tertiary/aromatic N) is 18. The minimum absolute atomic E-state index is 0.0757. The molecule has 34 heteroatoms. The van der Waals surface area contributed by atoms with Gasteiger partial charge in [-0.15, -0.1) is 0 Å². The fraction of sp³-hybridized carbons (Fsp3) is 0.716. The number of ether oxygens (including phenoxy) is 7. The molecule has 4 rings (SSSR count). The minimum Gasteiger partial charge on any atom is -0.493 e. The summed E-state index contributed by atoms with van der Waals surface area (Å²) in [7, 11) is 0. The second-order valence-electron chi connectivity index (χ2n) is 29.0. The van der Waals surface area contributed by atoms with Crippen molar-refractivity contribution in [1.29, 1.82) is 0 Å². The van der Waals surface area contributed by atoms with Crippen LogP contribution in [0.25, 0.3) is 62.7 Å². The normalized spacial score (nSPS) is 13.3. The number of amides is 4. The highest BCUT2D eigenvalue weighted by atomic mass is 16.5. The fourth-order valence-electron chi connectivity index (χ4n) is 13.3. The maximum absolute atomic E-state index is 15.3. The van der Waals surface area contributed by atoms with Crippen LogP contribution in [0.4, 0.5) is 0 Å². The Balaban J connectivity index is 1.90. The van der Waals surface area contributed by atoms with E-state index in [1.54, 1.807) is 43.3 Å². The summed E-state index contributed by atoms with van der Waals surface area (Å²) in [5.74, 6) is 1.32. The number of Topliss-reactive ketones (excluding diaryl/α,β-unsaturated/α-hetero) is 1. The largest absolute Gasteiger partial charge is 0.493 e. The Kier molecular flexibility index (Phi) is 54.0. The van der Waals surface area contributed by atoms with Crippen LogP contribution in [0, 0.1) is 0 Å². The average Bonchev–Trinajstić information content (AvgIpc) is 0.770. The van der Waals surface area contributed by atoms with Gasteiger partial charge in [-0.05, 0) is 211 Å². The van der Waals surface area contributed by atoms with Gasteiger partial charge in [0.1, 0.15) is 28.8 Å². The lowest BCUT2D eigenvalue weighted by Crippen LogP contribution is -2.53. The molecule has 632 valence electrons. The van der Waals surface area contributed by atoms with E-state index in [-0.39, 0.29) is 54.3 Å². The Morgan fingerprint density at radius 3 is 0.878 bits per heavy atom. The van der Waals surface area contributed by atoms with Crippen LogP contribution >= 0.6 is 0 Å². The van der Waals surface area contributed by atoms with Crippen molar-refractivity contribution in [2.45, 2.75) is 283 Å². The molecule has 3 aromatic rings. The van der Waals surface area contributed by atoms with Crippen molar-refractivity contribution in [1.82, 2.24) is 21.3 Å². The number of azide groups is 6. The van der Waals surface area contributed by atoms with E-state index in [0.717, 1.165) is 159 Å². The number of rotatable bonds is 70. The van der Waals surface area contributed by atoms with Crippen molar-refractivity contribution in [3.63, 3.8) is 0 Å². The predicted molar refractivity (Wildman–Crippen MR) is 444 cm³/mol. The van der Waals surface area contributed by atoms with Gasteiger partial charge in [-0.2, -0.15) is 0 Å². The van der Waals surface area contributed by atoms with E-state index in [2.05, 4.69) is 88.3 Å². The van der Waals surface area contributed by atoms with E-state index in [0.29, 0.717) is 203 Å². The van der Waals surface area contributed by atoms with Crippen LogP contribution in [-0.2, 0) is 22.4 Å². The maximum atomic E-state index is 15.3. The molecule has 4 N–H and O–H groups in total. The monoisotopic (exact) mass is 1600 g/mol. The lowest BCUT2D eigenvalue weighted by Gasteiger charge is -2.36. The second kappa shape index (κ2) is 64.0. The van der Waals surface area contributed by atoms with Gasteiger partial charge in [0.15, 0.2) is 11.5 Å². The quantitative estimate of drug-likeness (QED) is 0.0177. The molecule has 0 heterocycles. The molecule has 0 saturated heterocycles. The molecule has 0 radical (unpaired) electrons. The number of carbonyl (C=O) groups is 5. The van der Waals surface area contributed by atoms with Crippen molar-refractivity contribution in [2.75, 3.05) is 92.1 Å². The molecule has 4 amide bonds. The summed E-state index contributed by atoms with van der Waals surface area (Å²) in [6.07, 6.45) is 26.8. The number of hydrogen-bond donors (Lipinski definition) is 4. The first-order valence-corrected chi connectivity index (χ1v) is 41.9. The van der Waals surface area contributed by atoms with Gasteiger partial charge in [0.25, 0.3) is 17.7 Å². The third-order valence-corrected chi connectivity index (χ3v) is 19.4. The van der Waals surface area contributed by atoms with Gasteiger partial charge in [0, 0.05) is 135 Å². The molecule has 0 bridgehead atoms. The molecule has 34 nitrogen and oxygen atoms in total. The topological polar surface area (TPSA) is 491 Å². The Morgan fingerprint density at radius 1 is 0.339 bits per heavy atom. The van der Waals surface area contributed by atoms with E-state index < -0.39 is 35.8 Å². The molecule has 0 aromatic heterocycles. The lowest BCUT2D eigenvalue weighted by molar-refractivity contribution is -0.119. The van der Waals surface area contributed by atoms with Crippen LogP contribution in [0.5, 0.6) is 40.2 Å². The molecule has 1 aliphatic carbocycles. The maximum Gasteiger partial charge on any atom is 0.251 e. The van der Waals surface area contributed by atoms with Crippen molar-refractivity contribution in [2.24, 2.45) is 30.7 Å². The van der Waals surface area contributed by atoms with E-state index in [1.807, 2.05) is 0 Å². The van der Waals surface area contributed by atoms with Crippen LogP contribution in [0.3, 0.4) is 0 Å². The Hall–Kier alpha value is -10.3. The van der Waals surface area contributed by atoms with Crippen molar-refractivity contribution in [3.05, 3.63) is 127 Å². The summed E-state index contributed by atoms with van der Waals surface area (Å²) >= 11 is 0. The number of nitrogens with one attached hydrogen (secondary N) is 4. The van der Waals surface area contributed by atoms with Gasteiger partial charge in [-0.25, -0.2) is 0 Å². The Morgan fingerprint density at radius 2 is 0.600 bits per heavy atom. The summed E-state index contributed by atoms with van der Waals surface area (Å²) in [5.41, 5.74) is 55.1. The van der Waals surface area contributed by atoms with Gasteiger partial charge in [-0.1, -0.05) is 140 Å². The number of ketones is 1. The van der Waals surface area contributed by atoms with Crippen molar-refractivity contribution < 1.29 is 57.1 Å². The van der Waals surface area contributed by atoms with Gasteiger partial charge in [-0.3, -0.25) is 19.2 Å². The number of carbonyl (C=O) groups excluding carboxylic acids is 5. The highest BCUT2D eigenvalue weighted by Crippen LogP contribution is 2.41. The van der Waals surface area contributed by atoms with Crippen molar-refractivity contribution >= 4 is 29.4 Å². The Bertz CT molecular complexity index is 3400. The van der Waals surface area contributed by atoms with E-state index in [1.165, 1.54) is 6.92 Å². The van der Waals surface area contributed by atoms with Crippen LogP contribution in [0.15, 0.2) is 67.1 Å². The average molecular weight is 1600 g/mol. The van der Waals surface area contributed by atoms with Gasteiger partial charge >= 0.3 is 0 Å². The third-order valence-electron chi connectivity index (χ3n) is 19.4. The predicted octanol–water partition coefficient (Wildman–Crippen LogP) is 20.8. The molecule has 0 spiro atoms. The van der Waals surface area contributed by atoms with Crippen LogP contribution in [0.1, 0.15) is 294 Å². The second-order valence-corrected chi connectivity index (χ2v) is 29.0. The number of unbranched alkanes of at least 4 members (excludes halogenated alkanes) is 23. The van der Waals surface area contributed by atoms with E-state index >= 15 is 14.4 Å². The van der Waals surface area contributed by atoms with Crippen LogP contribution < -0.4 is 54.4 Å². The first-order valence-electron chi connectivity index (χ1n) is 41.9. The minimum atomic E-state index is -0.667. The van der Waals surface area contributed by atoms with E-state index in [4.69, 9.17) is 66.3 Å². The summed E-state index contributed by atoms with van der Waals surface area (Å²) in [5, 5.41) is 34.8. The molecule has 0 unspecified atom stereocenters. The summed E-state index contributed by atoms with van der Waals surface area (Å²) in [4.78, 5) is 87.4. The fourth-order valence-corrected chi connectivity index (χ4v) is 13.3. The first kappa shape index (κ1) is 97.0.